The maximum atomic E-state index is 5.57. The topological polar surface area (TPSA) is 51.4 Å². The highest BCUT2D eigenvalue weighted by Crippen LogP contribution is 2.28. The summed E-state index contributed by atoms with van der Waals surface area (Å²) in [7, 11) is 1.65. The highest BCUT2D eigenvalue weighted by Gasteiger charge is 2.28. The molecule has 0 aliphatic heterocycles. The van der Waals surface area contributed by atoms with Gasteiger partial charge in [-0.3, -0.25) is 4.90 Å². The van der Waals surface area contributed by atoms with E-state index in [1.165, 1.54) is 12.8 Å². The van der Waals surface area contributed by atoms with E-state index in [2.05, 4.69) is 16.0 Å². The molecule has 1 aromatic rings. The third kappa shape index (κ3) is 3.68. The van der Waals surface area contributed by atoms with Gasteiger partial charge in [0.05, 0.1) is 12.8 Å². The van der Waals surface area contributed by atoms with Crippen LogP contribution in [0.4, 0.5) is 0 Å². The normalized spacial score (nSPS) is 15.2. The van der Waals surface area contributed by atoms with Gasteiger partial charge >= 0.3 is 0 Å². The van der Waals surface area contributed by atoms with E-state index in [4.69, 9.17) is 10.5 Å². The van der Waals surface area contributed by atoms with Crippen molar-refractivity contribution in [3.63, 3.8) is 0 Å². The van der Waals surface area contributed by atoms with Crippen LogP contribution in [0.15, 0.2) is 18.2 Å². The van der Waals surface area contributed by atoms with Crippen LogP contribution in [0.2, 0.25) is 0 Å². The van der Waals surface area contributed by atoms with Gasteiger partial charge in [-0.2, -0.15) is 0 Å². The van der Waals surface area contributed by atoms with Crippen LogP contribution in [-0.2, 0) is 6.54 Å². The van der Waals surface area contributed by atoms with Gasteiger partial charge in [0.15, 0.2) is 0 Å². The molecule has 0 unspecified atom stereocenters. The van der Waals surface area contributed by atoms with E-state index in [0.717, 1.165) is 37.8 Å². The van der Waals surface area contributed by atoms with Crippen molar-refractivity contribution < 1.29 is 4.74 Å². The molecule has 1 fully saturated rings. The first-order valence-electron chi connectivity index (χ1n) is 6.27. The van der Waals surface area contributed by atoms with E-state index in [9.17, 15) is 0 Å². The van der Waals surface area contributed by atoms with Crippen LogP contribution in [0.3, 0.4) is 0 Å². The number of hydrogen-bond donors (Lipinski definition) is 1. The van der Waals surface area contributed by atoms with E-state index in [1.807, 2.05) is 12.1 Å². The van der Waals surface area contributed by atoms with Crippen molar-refractivity contribution in [2.45, 2.75) is 31.8 Å². The number of rotatable bonds is 7. The lowest BCUT2D eigenvalue weighted by Crippen LogP contribution is -2.28. The van der Waals surface area contributed by atoms with Gasteiger partial charge < -0.3 is 10.5 Å². The second kappa shape index (κ2) is 5.98. The number of pyridine rings is 1. The van der Waals surface area contributed by atoms with E-state index >= 15 is 0 Å². The summed E-state index contributed by atoms with van der Waals surface area (Å²) in [5.41, 5.74) is 6.65. The first-order chi connectivity index (χ1) is 8.33. The van der Waals surface area contributed by atoms with Crippen molar-refractivity contribution >= 4 is 0 Å². The molecular formula is C13H21N3O. The number of ether oxygens (including phenoxy) is 1. The second-order valence-electron chi connectivity index (χ2n) is 4.52. The second-order valence-corrected chi connectivity index (χ2v) is 4.52. The molecule has 0 radical (unpaired) electrons. The standard InChI is InChI=1S/C13H21N3O/c1-17-13-5-2-4-11(15-13)10-16(9-3-8-14)12-6-7-12/h2,4-5,12H,3,6-10,14H2,1H3. The predicted molar refractivity (Wildman–Crippen MR) is 67.9 cm³/mol. The van der Waals surface area contributed by atoms with Crippen LogP contribution >= 0.6 is 0 Å². The molecule has 17 heavy (non-hydrogen) atoms. The molecule has 0 aromatic carbocycles. The molecule has 1 aliphatic rings. The Morgan fingerprint density at radius 1 is 1.47 bits per heavy atom. The molecule has 0 saturated heterocycles. The molecule has 2 N–H and O–H groups in total. The molecular weight excluding hydrogens is 214 g/mol. The summed E-state index contributed by atoms with van der Waals surface area (Å²) in [6.07, 6.45) is 3.68. The van der Waals surface area contributed by atoms with Crippen molar-refractivity contribution in [1.29, 1.82) is 0 Å². The van der Waals surface area contributed by atoms with E-state index in [0.29, 0.717) is 5.88 Å². The molecule has 4 nitrogen and oxygen atoms in total. The van der Waals surface area contributed by atoms with Gasteiger partial charge in [0, 0.05) is 25.2 Å². The van der Waals surface area contributed by atoms with Crippen LogP contribution in [0.5, 0.6) is 5.88 Å². The molecule has 1 heterocycles. The van der Waals surface area contributed by atoms with E-state index in [-0.39, 0.29) is 0 Å². The fourth-order valence-electron chi connectivity index (χ4n) is 1.99. The Kier molecular flexibility index (Phi) is 4.34. The number of methoxy groups -OCH3 is 1. The number of nitrogens with two attached hydrogens (primary N) is 1. The fourth-order valence-corrected chi connectivity index (χ4v) is 1.99. The minimum absolute atomic E-state index is 0.692. The smallest absolute Gasteiger partial charge is 0.213 e. The fraction of sp³-hybridized carbons (Fsp3) is 0.615. The van der Waals surface area contributed by atoms with Gasteiger partial charge in [-0.15, -0.1) is 0 Å². The van der Waals surface area contributed by atoms with Gasteiger partial charge in [0.1, 0.15) is 0 Å². The van der Waals surface area contributed by atoms with Crippen LogP contribution in [0, 0.1) is 0 Å². The minimum Gasteiger partial charge on any atom is -0.481 e. The third-order valence-corrected chi connectivity index (χ3v) is 3.07. The summed E-state index contributed by atoms with van der Waals surface area (Å²) in [6, 6.07) is 6.68. The number of nitrogens with zero attached hydrogens (tertiary/aromatic N) is 2. The zero-order valence-electron chi connectivity index (χ0n) is 10.4. The lowest BCUT2D eigenvalue weighted by molar-refractivity contribution is 0.249. The molecule has 0 atom stereocenters. The molecule has 1 aromatic heterocycles. The summed E-state index contributed by atoms with van der Waals surface area (Å²) in [5, 5.41) is 0. The molecule has 0 bridgehead atoms. The molecule has 94 valence electrons. The van der Waals surface area contributed by atoms with Crippen molar-refractivity contribution in [3.05, 3.63) is 23.9 Å². The molecule has 1 aliphatic carbocycles. The van der Waals surface area contributed by atoms with E-state index in [1.54, 1.807) is 7.11 Å². The Morgan fingerprint density at radius 3 is 2.94 bits per heavy atom. The Hall–Kier alpha value is -1.13. The molecule has 0 spiro atoms. The Balaban J connectivity index is 1.95. The summed E-state index contributed by atoms with van der Waals surface area (Å²) in [6.45, 7) is 2.73. The average Bonchev–Trinajstić information content (AvgIpc) is 3.19. The lowest BCUT2D eigenvalue weighted by Gasteiger charge is -2.21. The van der Waals surface area contributed by atoms with Gasteiger partial charge in [-0.25, -0.2) is 4.98 Å². The van der Waals surface area contributed by atoms with Crippen LogP contribution in [0.1, 0.15) is 25.0 Å². The lowest BCUT2D eigenvalue weighted by atomic mass is 10.3. The summed E-state index contributed by atoms with van der Waals surface area (Å²) in [4.78, 5) is 6.93. The third-order valence-electron chi connectivity index (χ3n) is 3.07. The maximum absolute atomic E-state index is 5.57. The van der Waals surface area contributed by atoms with Crippen LogP contribution in [-0.4, -0.2) is 36.1 Å². The molecule has 0 amide bonds. The zero-order valence-corrected chi connectivity index (χ0v) is 10.4. The molecule has 1 saturated carbocycles. The predicted octanol–water partition coefficient (Wildman–Crippen LogP) is 1.40. The van der Waals surface area contributed by atoms with Crippen molar-refractivity contribution in [3.8, 4) is 5.88 Å². The van der Waals surface area contributed by atoms with Crippen molar-refractivity contribution in [2.24, 2.45) is 5.73 Å². The highest BCUT2D eigenvalue weighted by atomic mass is 16.5. The highest BCUT2D eigenvalue weighted by molar-refractivity contribution is 5.15. The van der Waals surface area contributed by atoms with E-state index < -0.39 is 0 Å². The molecule has 2 rings (SSSR count). The van der Waals surface area contributed by atoms with Gasteiger partial charge in [-0.05, 0) is 31.9 Å². The summed E-state index contributed by atoms with van der Waals surface area (Å²) >= 11 is 0. The first-order valence-corrected chi connectivity index (χ1v) is 6.27. The quantitative estimate of drug-likeness (QED) is 0.776. The van der Waals surface area contributed by atoms with Gasteiger partial charge in [-0.1, -0.05) is 6.07 Å². The first kappa shape index (κ1) is 12.3. The Bertz CT molecular complexity index is 352. The Morgan fingerprint density at radius 2 is 2.29 bits per heavy atom. The number of aromatic nitrogens is 1. The van der Waals surface area contributed by atoms with Crippen molar-refractivity contribution in [2.75, 3.05) is 20.2 Å². The minimum atomic E-state index is 0.692. The largest absolute Gasteiger partial charge is 0.481 e. The number of hydrogen-bond acceptors (Lipinski definition) is 4. The monoisotopic (exact) mass is 235 g/mol. The Labute approximate surface area is 103 Å². The van der Waals surface area contributed by atoms with Crippen LogP contribution < -0.4 is 10.5 Å². The zero-order chi connectivity index (χ0) is 12.1. The maximum Gasteiger partial charge on any atom is 0.213 e. The van der Waals surface area contributed by atoms with Gasteiger partial charge in [0.2, 0.25) is 5.88 Å². The average molecular weight is 235 g/mol. The SMILES string of the molecule is COc1cccc(CN(CCCN)C2CC2)n1. The van der Waals surface area contributed by atoms with Crippen LogP contribution in [0.25, 0.3) is 0 Å². The summed E-state index contributed by atoms with van der Waals surface area (Å²) in [5.74, 6) is 0.692. The van der Waals surface area contributed by atoms with Crippen molar-refractivity contribution in [1.82, 2.24) is 9.88 Å². The molecule has 4 heteroatoms. The van der Waals surface area contributed by atoms with Gasteiger partial charge in [0.25, 0.3) is 0 Å². The summed E-state index contributed by atoms with van der Waals surface area (Å²) < 4.78 is 5.14.